The van der Waals surface area contributed by atoms with Crippen LogP contribution in [-0.2, 0) is 16.0 Å². The van der Waals surface area contributed by atoms with Crippen molar-refractivity contribution in [1.29, 1.82) is 0 Å². The van der Waals surface area contributed by atoms with E-state index < -0.39 is 18.3 Å². The lowest BCUT2D eigenvalue weighted by molar-refractivity contribution is -0.169. The van der Waals surface area contributed by atoms with Crippen molar-refractivity contribution in [3.8, 4) is 0 Å². The van der Waals surface area contributed by atoms with Crippen LogP contribution in [0.2, 0.25) is 0 Å². The molecule has 2 atom stereocenters. The van der Waals surface area contributed by atoms with Crippen LogP contribution in [0.1, 0.15) is 18.9 Å². The molecule has 1 aromatic carbocycles. The Bertz CT molecular complexity index is 382. The molecule has 0 saturated carbocycles. The molecule has 1 rings (SSSR count). The van der Waals surface area contributed by atoms with Crippen LogP contribution in [-0.4, -0.2) is 23.4 Å². The summed E-state index contributed by atoms with van der Waals surface area (Å²) in [6.45, 7) is 1.71. The molecule has 94 valence electrons. The summed E-state index contributed by atoms with van der Waals surface area (Å²) in [5.74, 6) is -0.623. The van der Waals surface area contributed by atoms with Gasteiger partial charge in [-0.1, -0.05) is 25.1 Å². The lowest BCUT2D eigenvalue weighted by Gasteiger charge is -2.15. The molecule has 0 fully saturated rings. The molecule has 0 aliphatic rings. The van der Waals surface area contributed by atoms with Gasteiger partial charge in [-0.3, -0.25) is 4.79 Å². The number of hydrogen-bond acceptors (Lipinski definition) is 5. The minimum atomic E-state index is -1.10. The first-order valence-corrected chi connectivity index (χ1v) is 5.52. The van der Waals surface area contributed by atoms with Gasteiger partial charge in [0.25, 0.3) is 0 Å². The Labute approximate surface area is 100 Å². The summed E-state index contributed by atoms with van der Waals surface area (Å²) in [6.07, 6.45) is -0.463. The maximum absolute atomic E-state index is 11.5. The summed E-state index contributed by atoms with van der Waals surface area (Å²) in [7, 11) is 0. The van der Waals surface area contributed by atoms with E-state index in [0.717, 1.165) is 5.56 Å². The first kappa shape index (κ1) is 13.5. The van der Waals surface area contributed by atoms with Crippen molar-refractivity contribution >= 4 is 11.7 Å². The van der Waals surface area contributed by atoms with Crippen molar-refractivity contribution in [2.45, 2.75) is 32.1 Å². The maximum atomic E-state index is 11.5. The number of esters is 1. The standard InChI is InChI=1S/C12H18N2O3/c1-2-11(15)17-12(16)10(14)7-8-5-3-4-6-9(8)13/h3-6,10-11,15H,2,7,13-14H2,1H3. The largest absolute Gasteiger partial charge is 0.435 e. The van der Waals surface area contributed by atoms with Gasteiger partial charge in [0, 0.05) is 18.5 Å². The highest BCUT2D eigenvalue weighted by Gasteiger charge is 2.19. The van der Waals surface area contributed by atoms with Crippen LogP contribution in [0.3, 0.4) is 0 Å². The number of benzene rings is 1. The van der Waals surface area contributed by atoms with E-state index in [1.165, 1.54) is 0 Å². The number of aliphatic hydroxyl groups excluding tert-OH is 1. The van der Waals surface area contributed by atoms with E-state index in [2.05, 4.69) is 0 Å². The number of nitrogen functional groups attached to an aromatic ring is 1. The van der Waals surface area contributed by atoms with Crippen LogP contribution in [0.4, 0.5) is 5.69 Å². The quantitative estimate of drug-likeness (QED) is 0.392. The summed E-state index contributed by atoms with van der Waals surface area (Å²) < 4.78 is 4.72. The van der Waals surface area contributed by atoms with Crippen LogP contribution < -0.4 is 11.5 Å². The number of carbonyl (C=O) groups is 1. The van der Waals surface area contributed by atoms with Crippen LogP contribution in [0.25, 0.3) is 0 Å². The topological polar surface area (TPSA) is 98.6 Å². The van der Waals surface area contributed by atoms with Crippen molar-refractivity contribution in [2.75, 3.05) is 5.73 Å². The summed E-state index contributed by atoms with van der Waals surface area (Å²) in [5, 5.41) is 9.17. The minimum absolute atomic E-state index is 0.294. The second-order valence-electron chi connectivity index (χ2n) is 3.81. The number of carbonyl (C=O) groups excluding carboxylic acids is 1. The molecule has 5 nitrogen and oxygen atoms in total. The number of ether oxygens (including phenoxy) is 1. The molecule has 0 bridgehead atoms. The fourth-order valence-corrected chi connectivity index (χ4v) is 1.35. The molecule has 2 unspecified atom stereocenters. The summed E-state index contributed by atoms with van der Waals surface area (Å²) in [4.78, 5) is 11.5. The van der Waals surface area contributed by atoms with Gasteiger partial charge in [-0.05, 0) is 11.6 Å². The third kappa shape index (κ3) is 4.05. The van der Waals surface area contributed by atoms with Gasteiger partial charge in [-0.15, -0.1) is 0 Å². The van der Waals surface area contributed by atoms with Gasteiger partial charge in [0.15, 0.2) is 6.29 Å². The predicted molar refractivity (Wildman–Crippen MR) is 64.9 cm³/mol. The van der Waals surface area contributed by atoms with E-state index in [1.807, 2.05) is 12.1 Å². The Kier molecular flexibility index (Phi) is 4.93. The molecule has 17 heavy (non-hydrogen) atoms. The SMILES string of the molecule is CCC(O)OC(=O)C(N)Cc1ccccc1N. The average molecular weight is 238 g/mol. The second-order valence-corrected chi connectivity index (χ2v) is 3.81. The molecule has 0 saturated heterocycles. The predicted octanol–water partition coefficient (Wildman–Crippen LogP) is 0.410. The summed E-state index contributed by atoms with van der Waals surface area (Å²) >= 11 is 0. The van der Waals surface area contributed by atoms with Gasteiger partial charge < -0.3 is 21.3 Å². The molecule has 0 aliphatic carbocycles. The molecule has 0 amide bonds. The van der Waals surface area contributed by atoms with Crippen LogP contribution >= 0.6 is 0 Å². The molecule has 0 radical (unpaired) electrons. The minimum Gasteiger partial charge on any atom is -0.435 e. The number of rotatable bonds is 5. The van der Waals surface area contributed by atoms with Gasteiger partial charge in [-0.25, -0.2) is 0 Å². The number of anilines is 1. The zero-order valence-corrected chi connectivity index (χ0v) is 9.80. The van der Waals surface area contributed by atoms with E-state index in [9.17, 15) is 9.90 Å². The van der Waals surface area contributed by atoms with Gasteiger partial charge in [-0.2, -0.15) is 0 Å². The lowest BCUT2D eigenvalue weighted by atomic mass is 10.1. The third-order valence-corrected chi connectivity index (χ3v) is 2.40. The summed E-state index contributed by atoms with van der Waals surface area (Å²) in [6, 6.07) is 6.36. The van der Waals surface area contributed by atoms with E-state index in [0.29, 0.717) is 18.5 Å². The highest BCUT2D eigenvalue weighted by atomic mass is 16.6. The van der Waals surface area contributed by atoms with E-state index >= 15 is 0 Å². The summed E-state index contributed by atoms with van der Waals surface area (Å²) in [5.41, 5.74) is 12.8. The number of nitrogens with two attached hydrogens (primary N) is 2. The van der Waals surface area contributed by atoms with E-state index in [-0.39, 0.29) is 0 Å². The number of aliphatic hydroxyl groups is 1. The highest BCUT2D eigenvalue weighted by Crippen LogP contribution is 2.12. The first-order chi connectivity index (χ1) is 8.04. The second kappa shape index (κ2) is 6.22. The van der Waals surface area contributed by atoms with E-state index in [1.54, 1.807) is 19.1 Å². The molecule has 5 heteroatoms. The highest BCUT2D eigenvalue weighted by molar-refractivity contribution is 5.76. The first-order valence-electron chi connectivity index (χ1n) is 5.52. The Balaban J connectivity index is 2.57. The van der Waals surface area contributed by atoms with Gasteiger partial charge >= 0.3 is 5.97 Å². The Morgan fingerprint density at radius 3 is 2.71 bits per heavy atom. The van der Waals surface area contributed by atoms with Crippen molar-refractivity contribution in [1.82, 2.24) is 0 Å². The van der Waals surface area contributed by atoms with Crippen LogP contribution in [0.15, 0.2) is 24.3 Å². The maximum Gasteiger partial charge on any atom is 0.325 e. The zero-order chi connectivity index (χ0) is 12.8. The lowest BCUT2D eigenvalue weighted by Crippen LogP contribution is -2.36. The monoisotopic (exact) mass is 238 g/mol. The van der Waals surface area contributed by atoms with Crippen molar-refractivity contribution in [3.05, 3.63) is 29.8 Å². The smallest absolute Gasteiger partial charge is 0.325 e. The van der Waals surface area contributed by atoms with Gasteiger partial charge in [0.05, 0.1) is 0 Å². The molecule has 0 heterocycles. The fraction of sp³-hybridized carbons (Fsp3) is 0.417. The Hall–Kier alpha value is -1.59. The van der Waals surface area contributed by atoms with Crippen molar-refractivity contribution < 1.29 is 14.6 Å². The average Bonchev–Trinajstić information content (AvgIpc) is 2.31. The van der Waals surface area contributed by atoms with Crippen LogP contribution in [0, 0.1) is 0 Å². The Morgan fingerprint density at radius 2 is 2.12 bits per heavy atom. The molecular weight excluding hydrogens is 220 g/mol. The van der Waals surface area contributed by atoms with Crippen molar-refractivity contribution in [3.63, 3.8) is 0 Å². The normalized spacial score (nSPS) is 14.1. The van der Waals surface area contributed by atoms with Gasteiger partial charge in [0.2, 0.25) is 0 Å². The Morgan fingerprint density at radius 1 is 1.47 bits per heavy atom. The van der Waals surface area contributed by atoms with Gasteiger partial charge in [0.1, 0.15) is 6.04 Å². The van der Waals surface area contributed by atoms with Crippen LogP contribution in [0.5, 0.6) is 0 Å². The molecule has 1 aromatic rings. The number of hydrogen-bond donors (Lipinski definition) is 3. The molecular formula is C12H18N2O3. The third-order valence-electron chi connectivity index (χ3n) is 2.40. The molecule has 0 aromatic heterocycles. The zero-order valence-electron chi connectivity index (χ0n) is 9.80. The van der Waals surface area contributed by atoms with Crippen molar-refractivity contribution in [2.24, 2.45) is 5.73 Å². The molecule has 0 aliphatic heterocycles. The fourth-order valence-electron chi connectivity index (χ4n) is 1.35. The molecule has 5 N–H and O–H groups in total. The number of para-hydroxylation sites is 1. The van der Waals surface area contributed by atoms with E-state index in [4.69, 9.17) is 16.2 Å². The molecule has 0 spiro atoms.